The lowest BCUT2D eigenvalue weighted by Crippen LogP contribution is -2.15. The number of esters is 1. The molecule has 0 aromatic heterocycles. The topological polar surface area (TPSA) is 43.4 Å². The fourth-order valence-corrected chi connectivity index (χ4v) is 2.27. The third-order valence-corrected chi connectivity index (χ3v) is 3.48. The summed E-state index contributed by atoms with van der Waals surface area (Å²) in [4.78, 5) is 23.4. The van der Waals surface area contributed by atoms with E-state index in [9.17, 15) is 9.59 Å². The first-order valence-electron chi connectivity index (χ1n) is 5.13. The van der Waals surface area contributed by atoms with Crippen LogP contribution >= 0.6 is 34.2 Å². The zero-order valence-corrected chi connectivity index (χ0v) is 12.4. The number of hydrogen-bond donors (Lipinski definition) is 0. The highest BCUT2D eigenvalue weighted by Crippen LogP contribution is 2.21. The molecule has 1 aromatic carbocycles. The minimum absolute atomic E-state index is 0.192. The molecular weight excluding hydrogens is 354 g/mol. The van der Waals surface area contributed by atoms with Crippen molar-refractivity contribution in [3.8, 4) is 0 Å². The molecule has 1 rings (SSSR count). The van der Waals surface area contributed by atoms with Crippen LogP contribution in [0.4, 0.5) is 0 Å². The van der Waals surface area contributed by atoms with Crippen LogP contribution < -0.4 is 0 Å². The summed E-state index contributed by atoms with van der Waals surface area (Å²) in [5.41, 5.74) is 0.856. The van der Waals surface area contributed by atoms with Crippen LogP contribution in [-0.4, -0.2) is 23.7 Å². The average Bonchev–Trinajstić information content (AvgIpc) is 2.28. The number of halogens is 2. The fourth-order valence-electron chi connectivity index (χ4n) is 1.30. The highest BCUT2D eigenvalue weighted by Gasteiger charge is 2.20. The third-order valence-electron chi connectivity index (χ3n) is 2.12. The van der Waals surface area contributed by atoms with Crippen LogP contribution in [0.2, 0.25) is 0 Å². The summed E-state index contributed by atoms with van der Waals surface area (Å²) in [6, 6.07) is 4.95. The highest BCUT2D eigenvalue weighted by atomic mass is 127. The molecule has 1 unspecified atom stereocenters. The Morgan fingerprint density at radius 1 is 1.41 bits per heavy atom. The maximum Gasteiger partial charge on any atom is 0.339 e. The molecule has 0 N–H and O–H groups in total. The van der Waals surface area contributed by atoms with Gasteiger partial charge in [-0.05, 0) is 42.5 Å². The summed E-state index contributed by atoms with van der Waals surface area (Å²) in [5.74, 6) is -0.615. The van der Waals surface area contributed by atoms with E-state index in [1.165, 1.54) is 0 Å². The molecule has 0 aliphatic rings. The van der Waals surface area contributed by atoms with Crippen molar-refractivity contribution in [3.63, 3.8) is 0 Å². The number of carbonyl (C=O) groups excluding carboxylic acids is 2. The Morgan fingerprint density at radius 3 is 2.53 bits per heavy atom. The van der Waals surface area contributed by atoms with Crippen LogP contribution in [0, 0.1) is 3.57 Å². The molecule has 0 radical (unpaired) electrons. The van der Waals surface area contributed by atoms with E-state index in [4.69, 9.17) is 16.3 Å². The molecule has 0 spiro atoms. The molecule has 0 aliphatic carbocycles. The number of ether oxygens (including phenoxy) is 1. The number of alkyl halides is 1. The van der Waals surface area contributed by atoms with Crippen molar-refractivity contribution in [1.29, 1.82) is 0 Å². The smallest absolute Gasteiger partial charge is 0.339 e. The van der Waals surface area contributed by atoms with E-state index in [1.807, 2.05) is 22.6 Å². The molecule has 1 aromatic rings. The van der Waals surface area contributed by atoms with Gasteiger partial charge >= 0.3 is 5.97 Å². The van der Waals surface area contributed by atoms with E-state index >= 15 is 0 Å². The highest BCUT2D eigenvalue weighted by molar-refractivity contribution is 14.1. The number of benzene rings is 1. The molecule has 0 fully saturated rings. The van der Waals surface area contributed by atoms with Crippen LogP contribution in [0.25, 0.3) is 0 Å². The second kappa shape index (κ2) is 6.35. The largest absolute Gasteiger partial charge is 0.462 e. The Labute approximate surface area is 119 Å². The van der Waals surface area contributed by atoms with E-state index in [2.05, 4.69) is 0 Å². The van der Waals surface area contributed by atoms with Crippen LogP contribution in [0.5, 0.6) is 0 Å². The Bertz CT molecular complexity index is 443. The Balaban J connectivity index is 3.16. The lowest BCUT2D eigenvalue weighted by Gasteiger charge is -2.09. The lowest BCUT2D eigenvalue weighted by molar-refractivity contribution is 0.0525. The van der Waals surface area contributed by atoms with E-state index in [0.29, 0.717) is 21.3 Å². The summed E-state index contributed by atoms with van der Waals surface area (Å²) in [5, 5.41) is -0.610. The molecule has 5 heteroatoms. The van der Waals surface area contributed by atoms with Gasteiger partial charge in [-0.15, -0.1) is 11.6 Å². The van der Waals surface area contributed by atoms with Gasteiger partial charge in [0.05, 0.1) is 17.5 Å². The first-order chi connectivity index (χ1) is 7.99. The van der Waals surface area contributed by atoms with Crippen molar-refractivity contribution in [1.82, 2.24) is 0 Å². The molecule has 0 aliphatic heterocycles. The van der Waals surface area contributed by atoms with Gasteiger partial charge in [0, 0.05) is 9.13 Å². The van der Waals surface area contributed by atoms with Gasteiger partial charge < -0.3 is 4.74 Å². The van der Waals surface area contributed by atoms with Gasteiger partial charge in [0.1, 0.15) is 0 Å². The molecule has 17 heavy (non-hydrogen) atoms. The molecule has 1 atom stereocenters. The molecule has 3 nitrogen and oxygen atoms in total. The molecular formula is C12H12ClIO3. The predicted octanol–water partition coefficient (Wildman–Crippen LogP) is 3.28. The van der Waals surface area contributed by atoms with E-state index < -0.39 is 11.3 Å². The van der Waals surface area contributed by atoms with Crippen LogP contribution in [-0.2, 0) is 4.74 Å². The summed E-state index contributed by atoms with van der Waals surface area (Å²) in [7, 11) is 0. The van der Waals surface area contributed by atoms with Crippen LogP contribution in [0.3, 0.4) is 0 Å². The summed E-state index contributed by atoms with van der Waals surface area (Å²) in [6.07, 6.45) is 0. The maximum absolute atomic E-state index is 11.8. The van der Waals surface area contributed by atoms with E-state index in [1.54, 1.807) is 32.0 Å². The Morgan fingerprint density at radius 2 is 2.00 bits per heavy atom. The van der Waals surface area contributed by atoms with Gasteiger partial charge in [-0.2, -0.15) is 0 Å². The number of carbonyl (C=O) groups is 2. The zero-order chi connectivity index (χ0) is 13.0. The number of hydrogen-bond acceptors (Lipinski definition) is 3. The van der Waals surface area contributed by atoms with Crippen molar-refractivity contribution < 1.29 is 14.3 Å². The lowest BCUT2D eigenvalue weighted by atomic mass is 10.1. The van der Waals surface area contributed by atoms with Crippen molar-refractivity contribution >= 4 is 45.9 Å². The Hall–Kier alpha value is -0.620. The fraction of sp³-hybridized carbons (Fsp3) is 0.333. The number of Topliss-reactive ketones (excluding diaryl/α,β-unsaturated/α-hetero) is 1. The van der Waals surface area contributed by atoms with E-state index in [-0.39, 0.29) is 5.78 Å². The molecule has 92 valence electrons. The molecule has 0 bridgehead atoms. The van der Waals surface area contributed by atoms with Crippen molar-refractivity contribution in [3.05, 3.63) is 32.9 Å². The van der Waals surface area contributed by atoms with Gasteiger partial charge in [-0.1, -0.05) is 12.1 Å². The predicted molar refractivity (Wildman–Crippen MR) is 74.8 cm³/mol. The zero-order valence-electron chi connectivity index (χ0n) is 9.50. The van der Waals surface area contributed by atoms with Crippen molar-refractivity contribution in [2.24, 2.45) is 0 Å². The average molecular weight is 367 g/mol. The van der Waals surface area contributed by atoms with Gasteiger partial charge in [0.15, 0.2) is 5.78 Å². The second-order valence-electron chi connectivity index (χ2n) is 3.37. The second-order valence-corrected chi connectivity index (χ2v) is 5.10. The summed E-state index contributed by atoms with van der Waals surface area (Å²) < 4.78 is 5.50. The molecule has 0 heterocycles. The van der Waals surface area contributed by atoms with E-state index in [0.717, 1.165) is 0 Å². The molecule has 0 saturated heterocycles. The monoisotopic (exact) mass is 366 g/mol. The first kappa shape index (κ1) is 14.4. The standard InChI is InChI=1S/C12H12ClIO3/c1-3-17-12(16)9-6-4-5-8(10(9)14)11(15)7(2)13/h4-7H,3H2,1-2H3. The quantitative estimate of drug-likeness (QED) is 0.355. The number of ketones is 1. The van der Waals surface area contributed by atoms with Crippen LogP contribution in [0.15, 0.2) is 18.2 Å². The van der Waals surface area contributed by atoms with Crippen molar-refractivity contribution in [2.75, 3.05) is 6.61 Å². The van der Waals surface area contributed by atoms with Gasteiger partial charge in [0.2, 0.25) is 0 Å². The molecule has 0 saturated carbocycles. The number of rotatable bonds is 4. The normalized spacial score (nSPS) is 12.0. The van der Waals surface area contributed by atoms with Gasteiger partial charge in [0.25, 0.3) is 0 Å². The minimum Gasteiger partial charge on any atom is -0.462 e. The third kappa shape index (κ3) is 3.42. The molecule has 0 amide bonds. The minimum atomic E-state index is -0.610. The maximum atomic E-state index is 11.8. The first-order valence-corrected chi connectivity index (χ1v) is 6.64. The van der Waals surface area contributed by atoms with Gasteiger partial charge in [-0.3, -0.25) is 4.79 Å². The van der Waals surface area contributed by atoms with Crippen molar-refractivity contribution in [2.45, 2.75) is 19.2 Å². The van der Waals surface area contributed by atoms with Crippen LogP contribution in [0.1, 0.15) is 34.6 Å². The Kier molecular flexibility index (Phi) is 5.39. The summed E-state index contributed by atoms with van der Waals surface area (Å²) >= 11 is 7.72. The van der Waals surface area contributed by atoms with Gasteiger partial charge in [-0.25, -0.2) is 4.79 Å². The summed E-state index contributed by atoms with van der Waals surface area (Å²) in [6.45, 7) is 3.65. The SMILES string of the molecule is CCOC(=O)c1cccc(C(=O)C(C)Cl)c1I.